The number of alkyl halides is 3. The molecule has 0 N–H and O–H groups in total. The molecule has 0 bridgehead atoms. The SMILES string of the molecule is O=C(/C=C/c1ccccn1)c1cccc(C(F)(F)F)c1. The lowest BCUT2D eigenvalue weighted by Crippen LogP contribution is -2.06. The predicted molar refractivity (Wildman–Crippen MR) is 69.0 cm³/mol. The van der Waals surface area contributed by atoms with E-state index in [0.29, 0.717) is 5.69 Å². The van der Waals surface area contributed by atoms with Gasteiger partial charge in [0.15, 0.2) is 5.78 Å². The number of aromatic nitrogens is 1. The second-order valence-electron chi connectivity index (χ2n) is 4.03. The van der Waals surface area contributed by atoms with Gasteiger partial charge in [-0.2, -0.15) is 13.2 Å². The van der Waals surface area contributed by atoms with Crippen LogP contribution in [0.3, 0.4) is 0 Å². The minimum absolute atomic E-state index is 0.00740. The number of rotatable bonds is 3. The van der Waals surface area contributed by atoms with E-state index in [1.165, 1.54) is 24.3 Å². The molecule has 1 heterocycles. The first-order valence-corrected chi connectivity index (χ1v) is 5.77. The summed E-state index contributed by atoms with van der Waals surface area (Å²) in [7, 11) is 0. The molecule has 0 saturated carbocycles. The number of allylic oxidation sites excluding steroid dienone is 1. The predicted octanol–water partition coefficient (Wildman–Crippen LogP) is 4.00. The maximum Gasteiger partial charge on any atom is 0.416 e. The van der Waals surface area contributed by atoms with E-state index in [-0.39, 0.29) is 5.56 Å². The van der Waals surface area contributed by atoms with E-state index in [1.54, 1.807) is 24.4 Å². The van der Waals surface area contributed by atoms with Crippen LogP contribution in [0.25, 0.3) is 6.08 Å². The van der Waals surface area contributed by atoms with Gasteiger partial charge in [-0.3, -0.25) is 9.78 Å². The fourth-order valence-electron chi connectivity index (χ4n) is 1.58. The van der Waals surface area contributed by atoms with Crippen molar-refractivity contribution in [2.24, 2.45) is 0 Å². The molecular formula is C15H10F3NO. The summed E-state index contributed by atoms with van der Waals surface area (Å²) >= 11 is 0. The van der Waals surface area contributed by atoms with Crippen molar-refractivity contribution in [3.63, 3.8) is 0 Å². The normalized spacial score (nSPS) is 11.8. The van der Waals surface area contributed by atoms with Crippen molar-refractivity contribution < 1.29 is 18.0 Å². The zero-order valence-electron chi connectivity index (χ0n) is 10.3. The van der Waals surface area contributed by atoms with Gasteiger partial charge >= 0.3 is 6.18 Å². The molecule has 102 valence electrons. The van der Waals surface area contributed by atoms with E-state index in [0.717, 1.165) is 12.1 Å². The van der Waals surface area contributed by atoms with Crippen molar-refractivity contribution in [3.8, 4) is 0 Å². The second-order valence-corrected chi connectivity index (χ2v) is 4.03. The molecule has 2 nitrogen and oxygen atoms in total. The molecule has 0 aliphatic heterocycles. The number of nitrogens with zero attached hydrogens (tertiary/aromatic N) is 1. The molecule has 5 heteroatoms. The van der Waals surface area contributed by atoms with E-state index in [1.807, 2.05) is 0 Å². The molecule has 0 saturated heterocycles. The summed E-state index contributed by atoms with van der Waals surface area (Å²) in [5, 5.41) is 0. The molecular weight excluding hydrogens is 267 g/mol. The molecule has 0 spiro atoms. The molecule has 1 aromatic carbocycles. The second kappa shape index (κ2) is 5.69. The first-order valence-electron chi connectivity index (χ1n) is 5.77. The van der Waals surface area contributed by atoms with E-state index >= 15 is 0 Å². The highest BCUT2D eigenvalue weighted by molar-refractivity contribution is 6.06. The summed E-state index contributed by atoms with van der Waals surface area (Å²) < 4.78 is 37.6. The Bertz CT molecular complexity index is 633. The molecule has 0 aliphatic rings. The Morgan fingerprint density at radius 2 is 1.90 bits per heavy atom. The van der Waals surface area contributed by atoms with Gasteiger partial charge < -0.3 is 0 Å². The topological polar surface area (TPSA) is 30.0 Å². The molecule has 20 heavy (non-hydrogen) atoms. The van der Waals surface area contributed by atoms with Crippen LogP contribution in [0.5, 0.6) is 0 Å². The van der Waals surface area contributed by atoms with Crippen molar-refractivity contribution in [3.05, 3.63) is 71.6 Å². The Morgan fingerprint density at radius 1 is 1.10 bits per heavy atom. The molecule has 2 rings (SSSR count). The lowest BCUT2D eigenvalue weighted by Gasteiger charge is -2.06. The minimum Gasteiger partial charge on any atom is -0.289 e. The Morgan fingerprint density at radius 3 is 2.55 bits per heavy atom. The van der Waals surface area contributed by atoms with Crippen LogP contribution in [0.1, 0.15) is 21.6 Å². The maximum atomic E-state index is 12.5. The summed E-state index contributed by atoms with van der Waals surface area (Å²) in [6, 6.07) is 9.50. The largest absolute Gasteiger partial charge is 0.416 e. The highest BCUT2D eigenvalue weighted by atomic mass is 19.4. The molecule has 0 radical (unpaired) electrons. The quantitative estimate of drug-likeness (QED) is 0.627. The van der Waals surface area contributed by atoms with Gasteiger partial charge in [0.05, 0.1) is 11.3 Å². The number of carbonyl (C=O) groups is 1. The van der Waals surface area contributed by atoms with Gasteiger partial charge in [-0.15, -0.1) is 0 Å². The third-order valence-electron chi connectivity index (χ3n) is 2.57. The fraction of sp³-hybridized carbons (Fsp3) is 0.0667. The molecule has 0 atom stereocenters. The van der Waals surface area contributed by atoms with Crippen molar-refractivity contribution in [2.45, 2.75) is 6.18 Å². The van der Waals surface area contributed by atoms with Crippen molar-refractivity contribution in [1.29, 1.82) is 0 Å². The van der Waals surface area contributed by atoms with Crippen LogP contribution in [0.15, 0.2) is 54.7 Å². The van der Waals surface area contributed by atoms with Crippen molar-refractivity contribution in [1.82, 2.24) is 4.98 Å². The lowest BCUT2D eigenvalue weighted by molar-refractivity contribution is -0.137. The van der Waals surface area contributed by atoms with E-state index in [4.69, 9.17) is 0 Å². The number of hydrogen-bond donors (Lipinski definition) is 0. The minimum atomic E-state index is -4.46. The van der Waals surface area contributed by atoms with Crippen LogP contribution in [-0.4, -0.2) is 10.8 Å². The standard InChI is InChI=1S/C15H10F3NO/c16-15(17,18)12-5-3-4-11(10-12)14(20)8-7-13-6-1-2-9-19-13/h1-10H/b8-7+. The Kier molecular flexibility index (Phi) is 3.98. The molecule has 1 aromatic heterocycles. The van der Waals surface area contributed by atoms with Gasteiger partial charge in [0.1, 0.15) is 0 Å². The molecule has 0 unspecified atom stereocenters. The number of pyridine rings is 1. The summed E-state index contributed by atoms with van der Waals surface area (Å²) in [4.78, 5) is 15.8. The van der Waals surface area contributed by atoms with Crippen LogP contribution in [0.2, 0.25) is 0 Å². The molecule has 0 amide bonds. The van der Waals surface area contributed by atoms with Crippen molar-refractivity contribution >= 4 is 11.9 Å². The van der Waals surface area contributed by atoms with Gasteiger partial charge in [0.2, 0.25) is 0 Å². The fourth-order valence-corrected chi connectivity index (χ4v) is 1.58. The average molecular weight is 277 g/mol. The van der Waals surface area contributed by atoms with Crippen molar-refractivity contribution in [2.75, 3.05) is 0 Å². The smallest absolute Gasteiger partial charge is 0.289 e. The van der Waals surface area contributed by atoms with Gasteiger partial charge in [-0.05, 0) is 36.4 Å². The Balaban J connectivity index is 2.20. The number of benzene rings is 1. The number of hydrogen-bond acceptors (Lipinski definition) is 2. The van der Waals surface area contributed by atoms with Crippen LogP contribution in [-0.2, 0) is 6.18 Å². The third-order valence-corrected chi connectivity index (χ3v) is 2.57. The Hall–Kier alpha value is -2.43. The van der Waals surface area contributed by atoms with Crippen LogP contribution < -0.4 is 0 Å². The summed E-state index contributed by atoms with van der Waals surface area (Å²) in [6.45, 7) is 0. The zero-order valence-corrected chi connectivity index (χ0v) is 10.3. The van der Waals surface area contributed by atoms with Gasteiger partial charge in [0, 0.05) is 11.8 Å². The van der Waals surface area contributed by atoms with Gasteiger partial charge in [0.25, 0.3) is 0 Å². The first kappa shape index (κ1) is 14.0. The van der Waals surface area contributed by atoms with E-state index < -0.39 is 17.5 Å². The van der Waals surface area contributed by atoms with Gasteiger partial charge in [-0.25, -0.2) is 0 Å². The Labute approximate surface area is 113 Å². The highest BCUT2D eigenvalue weighted by Gasteiger charge is 2.30. The van der Waals surface area contributed by atoms with Crippen LogP contribution in [0.4, 0.5) is 13.2 Å². The number of ketones is 1. The summed E-state index contributed by atoms with van der Waals surface area (Å²) in [5.74, 6) is -0.498. The van der Waals surface area contributed by atoms with E-state index in [9.17, 15) is 18.0 Å². The van der Waals surface area contributed by atoms with E-state index in [2.05, 4.69) is 4.98 Å². The number of halogens is 3. The maximum absolute atomic E-state index is 12.5. The number of carbonyl (C=O) groups excluding carboxylic acids is 1. The van der Waals surface area contributed by atoms with Crippen LogP contribution >= 0.6 is 0 Å². The molecule has 0 aliphatic carbocycles. The summed E-state index contributed by atoms with van der Waals surface area (Å²) in [6.07, 6.45) is -0.226. The summed E-state index contributed by atoms with van der Waals surface area (Å²) in [5.41, 5.74) is -0.283. The molecule has 2 aromatic rings. The van der Waals surface area contributed by atoms with Gasteiger partial charge in [-0.1, -0.05) is 18.2 Å². The lowest BCUT2D eigenvalue weighted by atomic mass is 10.1. The molecule has 0 fully saturated rings. The highest BCUT2D eigenvalue weighted by Crippen LogP contribution is 2.29. The monoisotopic (exact) mass is 277 g/mol. The first-order chi connectivity index (χ1) is 9.47. The zero-order chi connectivity index (χ0) is 14.6. The average Bonchev–Trinajstić information content (AvgIpc) is 2.45. The van der Waals surface area contributed by atoms with Crippen LogP contribution in [0, 0.1) is 0 Å². The third kappa shape index (κ3) is 3.54.